The van der Waals surface area contributed by atoms with Crippen LogP contribution in [0.5, 0.6) is 5.75 Å². The van der Waals surface area contributed by atoms with E-state index in [9.17, 15) is 27.8 Å². The lowest BCUT2D eigenvalue weighted by molar-refractivity contribution is -0.133. The molecule has 1 aromatic heterocycles. The van der Waals surface area contributed by atoms with Gasteiger partial charge in [0.1, 0.15) is 11.3 Å². The summed E-state index contributed by atoms with van der Waals surface area (Å²) in [6.45, 7) is 7.18. The molecule has 3 aromatic carbocycles. The molecule has 16 heteroatoms. The van der Waals surface area contributed by atoms with E-state index in [0.29, 0.717) is 97.6 Å². The Hall–Kier alpha value is -6.22. The first-order valence-electron chi connectivity index (χ1n) is 22.6. The molecule has 4 heterocycles. The van der Waals surface area contributed by atoms with Gasteiger partial charge in [0.25, 0.3) is 10.1 Å². The molecule has 0 unspecified atom stereocenters. The number of nitrogens with zero attached hydrogens (tertiary/aromatic N) is 6. The number of aromatic nitrogens is 1. The Morgan fingerprint density at radius 2 is 1.77 bits per heavy atom. The molecule has 1 aliphatic carbocycles. The highest BCUT2D eigenvalue weighted by Crippen LogP contribution is 2.43. The number of amides is 1. The fourth-order valence-corrected chi connectivity index (χ4v) is 10.1. The number of nitrogen functional groups attached to an aromatic ring is 1. The van der Waals surface area contributed by atoms with Crippen LogP contribution < -0.4 is 15.8 Å². The minimum Gasteiger partial charge on any atom is -0.494 e. The van der Waals surface area contributed by atoms with Crippen molar-refractivity contribution in [2.24, 2.45) is 0 Å². The van der Waals surface area contributed by atoms with Crippen LogP contribution >= 0.6 is 0 Å². The molecule has 15 nitrogen and oxygen atoms in total. The molecule has 4 N–H and O–H groups in total. The highest BCUT2D eigenvalue weighted by atomic mass is 32.2. The lowest BCUT2D eigenvalue weighted by Gasteiger charge is -2.35. The van der Waals surface area contributed by atoms with Crippen molar-refractivity contribution in [2.45, 2.75) is 62.4 Å². The number of pyridine rings is 1. The zero-order valence-electron chi connectivity index (χ0n) is 37.2. The standard InChI is InChI=1S/C50H56N8O7S/c1-55(33-34-8-2-3-10-38(34)48-40-15-13-35(52)30-46(40)65-49-41(48)16-17-43(53)50(49)66(61,62)63)21-6-12-47(60)58-27-25-56(26-28-58)22-7-29-64-37-14-18-44-42(31-37)39(19-20-54-44)45(59)11-5-24-57-23-4-9-36(57)32-51/h2-3,8,10,13-20,30-31,36,53H,4-7,9,11-12,21-29,33,52H2,1H3,(H,61,62,63)/t36-/m0/s1. The van der Waals surface area contributed by atoms with Crippen molar-refractivity contribution in [1.82, 2.24) is 24.6 Å². The maximum atomic E-state index is 13.3. The number of ether oxygens (including phenoxy) is 1. The molecular formula is C50H56N8O7S. The molecule has 0 saturated carbocycles. The number of ketones is 1. The number of carbonyl (C=O) groups excluding carboxylic acids is 2. The molecule has 66 heavy (non-hydrogen) atoms. The topological polar surface area (TPSA) is 210 Å². The van der Waals surface area contributed by atoms with Gasteiger partial charge in [-0.1, -0.05) is 24.3 Å². The second-order valence-corrected chi connectivity index (χ2v) is 18.7. The molecule has 4 aromatic rings. The Morgan fingerprint density at radius 3 is 2.58 bits per heavy atom. The molecule has 1 amide bonds. The average Bonchev–Trinajstić information content (AvgIpc) is 3.76. The molecule has 2 saturated heterocycles. The molecule has 1 atom stereocenters. The normalized spacial score (nSPS) is 16.1. The molecule has 0 radical (unpaired) electrons. The number of nitrogens with one attached hydrogen (secondary N) is 1. The van der Waals surface area contributed by atoms with Crippen molar-refractivity contribution in [3.05, 3.63) is 102 Å². The largest absolute Gasteiger partial charge is 0.494 e. The number of likely N-dealkylation sites (tertiary alicyclic amines) is 1. The van der Waals surface area contributed by atoms with Gasteiger partial charge in [0.15, 0.2) is 16.4 Å². The smallest absolute Gasteiger partial charge is 0.300 e. The number of hydrogen-bond donors (Lipinski definition) is 3. The zero-order valence-corrected chi connectivity index (χ0v) is 38.1. The summed E-state index contributed by atoms with van der Waals surface area (Å²) in [6.07, 6.45) is 6.65. The predicted molar refractivity (Wildman–Crippen MR) is 253 cm³/mol. The summed E-state index contributed by atoms with van der Waals surface area (Å²) >= 11 is 0. The molecular weight excluding hydrogens is 857 g/mol. The summed E-state index contributed by atoms with van der Waals surface area (Å²) in [5, 5.41) is 18.8. The van der Waals surface area contributed by atoms with Crippen LogP contribution in [0, 0.1) is 16.7 Å². The number of fused-ring (bicyclic) bond motifs is 3. The van der Waals surface area contributed by atoms with Crippen molar-refractivity contribution in [3.8, 4) is 34.3 Å². The first kappa shape index (κ1) is 46.3. The van der Waals surface area contributed by atoms with Gasteiger partial charge in [0.05, 0.1) is 29.6 Å². The van der Waals surface area contributed by atoms with Crippen LogP contribution in [0.15, 0.2) is 94.4 Å². The highest BCUT2D eigenvalue weighted by Gasteiger charge is 2.29. The summed E-state index contributed by atoms with van der Waals surface area (Å²) in [7, 11) is -2.79. The van der Waals surface area contributed by atoms with Gasteiger partial charge in [0, 0.05) is 97.5 Å². The number of anilines is 1. The van der Waals surface area contributed by atoms with Crippen molar-refractivity contribution >= 4 is 49.4 Å². The number of piperazine rings is 1. The Morgan fingerprint density at radius 1 is 0.955 bits per heavy atom. The van der Waals surface area contributed by atoms with E-state index in [1.807, 2.05) is 60.5 Å². The molecule has 2 fully saturated rings. The third-order valence-electron chi connectivity index (χ3n) is 12.8. The summed E-state index contributed by atoms with van der Waals surface area (Å²) in [5.41, 5.74) is 11.2. The SMILES string of the molecule is CN(CCCC(=O)N1CCN(CCCOc2ccc3nccc(C(=O)CCCN4CCC[C@H]4C#N)c3c2)CC1)Cc1ccccc1-c1c2ccc(=N)c(S(=O)(=O)O)c-2oc2cc(N)ccc12. The van der Waals surface area contributed by atoms with E-state index in [2.05, 4.69) is 25.8 Å². The number of Topliss-reactive ketones (excluding diaryl/α,β-unsaturated/α-hetero) is 1. The Kier molecular flexibility index (Phi) is 14.4. The molecule has 3 aliphatic heterocycles. The monoisotopic (exact) mass is 912 g/mol. The van der Waals surface area contributed by atoms with Gasteiger partial charge in [-0.05, 0) is 118 Å². The highest BCUT2D eigenvalue weighted by molar-refractivity contribution is 7.86. The number of rotatable bonds is 18. The van der Waals surface area contributed by atoms with Crippen molar-refractivity contribution in [3.63, 3.8) is 0 Å². The van der Waals surface area contributed by atoms with Crippen LogP contribution in [0.2, 0.25) is 0 Å². The van der Waals surface area contributed by atoms with E-state index in [4.69, 9.17) is 20.3 Å². The van der Waals surface area contributed by atoms with Gasteiger partial charge in [-0.25, -0.2) is 0 Å². The van der Waals surface area contributed by atoms with Crippen LogP contribution in [0.25, 0.3) is 44.3 Å². The van der Waals surface area contributed by atoms with E-state index < -0.39 is 15.0 Å². The van der Waals surface area contributed by atoms with E-state index in [1.54, 1.807) is 30.5 Å². The molecule has 8 rings (SSSR count). The maximum Gasteiger partial charge on any atom is 0.300 e. The van der Waals surface area contributed by atoms with Crippen LogP contribution in [-0.2, 0) is 21.5 Å². The molecule has 0 bridgehead atoms. The summed E-state index contributed by atoms with van der Waals surface area (Å²) in [6, 6.07) is 25.8. The summed E-state index contributed by atoms with van der Waals surface area (Å²) in [4.78, 5) is 39.1. The number of carbonyl (C=O) groups is 2. The first-order valence-corrected chi connectivity index (χ1v) is 24.1. The van der Waals surface area contributed by atoms with Crippen molar-refractivity contribution in [2.75, 3.05) is 71.7 Å². The van der Waals surface area contributed by atoms with Gasteiger partial charge in [-0.2, -0.15) is 13.7 Å². The number of hydrogen-bond acceptors (Lipinski definition) is 13. The minimum absolute atomic E-state index is 0.0407. The van der Waals surface area contributed by atoms with Gasteiger partial charge in [-0.3, -0.25) is 34.3 Å². The van der Waals surface area contributed by atoms with Crippen LogP contribution in [0.4, 0.5) is 5.69 Å². The second kappa shape index (κ2) is 20.5. The van der Waals surface area contributed by atoms with E-state index in [0.717, 1.165) is 74.0 Å². The van der Waals surface area contributed by atoms with Gasteiger partial charge in [-0.15, -0.1) is 0 Å². The number of benzene rings is 4. The Labute approximate surface area is 385 Å². The van der Waals surface area contributed by atoms with Crippen LogP contribution in [0.1, 0.15) is 60.9 Å². The Balaban J connectivity index is 0.795. The maximum absolute atomic E-state index is 13.3. The van der Waals surface area contributed by atoms with E-state index in [1.165, 1.54) is 6.07 Å². The third-order valence-corrected chi connectivity index (χ3v) is 13.7. The number of nitriles is 1. The van der Waals surface area contributed by atoms with Gasteiger partial charge < -0.3 is 24.7 Å². The number of nitrogens with two attached hydrogens (primary N) is 1. The van der Waals surface area contributed by atoms with Gasteiger partial charge in [0.2, 0.25) is 5.91 Å². The average molecular weight is 913 g/mol. The summed E-state index contributed by atoms with van der Waals surface area (Å²) in [5.74, 6) is 0.792. The predicted octanol–water partition coefficient (Wildman–Crippen LogP) is 6.84. The third kappa shape index (κ3) is 10.6. The second-order valence-electron chi connectivity index (χ2n) is 17.3. The van der Waals surface area contributed by atoms with Gasteiger partial charge >= 0.3 is 0 Å². The van der Waals surface area contributed by atoms with E-state index >= 15 is 0 Å². The summed E-state index contributed by atoms with van der Waals surface area (Å²) < 4.78 is 47.3. The molecule has 344 valence electrons. The Bertz CT molecular complexity index is 2930. The zero-order chi connectivity index (χ0) is 46.4. The first-order chi connectivity index (χ1) is 31.9. The molecule has 4 aliphatic rings. The minimum atomic E-state index is -4.80. The fraction of sp³-hybridized carbons (Fsp3) is 0.380. The lowest BCUT2D eigenvalue weighted by atomic mass is 9.90. The van der Waals surface area contributed by atoms with E-state index in [-0.39, 0.29) is 28.8 Å². The van der Waals surface area contributed by atoms with Crippen LogP contribution in [0.3, 0.4) is 0 Å². The lowest BCUT2D eigenvalue weighted by Crippen LogP contribution is -2.49. The van der Waals surface area contributed by atoms with Crippen molar-refractivity contribution < 1.29 is 31.7 Å². The fourth-order valence-electron chi connectivity index (χ4n) is 9.40. The van der Waals surface area contributed by atoms with Crippen LogP contribution in [-0.4, -0.2) is 121 Å². The quantitative estimate of drug-likeness (QED) is 0.0266. The molecule has 0 spiro atoms. The van der Waals surface area contributed by atoms with Crippen molar-refractivity contribution in [1.29, 1.82) is 10.7 Å².